The molecule has 0 bridgehead atoms. The lowest BCUT2D eigenvalue weighted by Crippen LogP contribution is -2.27. The van der Waals surface area contributed by atoms with Crippen LogP contribution in [0.5, 0.6) is 0 Å². The summed E-state index contributed by atoms with van der Waals surface area (Å²) in [5.74, 6) is -2.03. The van der Waals surface area contributed by atoms with Crippen LogP contribution in [-0.2, 0) is 14.4 Å². The van der Waals surface area contributed by atoms with Crippen molar-refractivity contribution in [1.82, 2.24) is 4.90 Å². The maximum absolute atomic E-state index is 10.6. The van der Waals surface area contributed by atoms with Crippen LogP contribution in [0.25, 0.3) is 0 Å². The smallest absolute Gasteiger partial charge is 0.303 e. The van der Waals surface area contributed by atoms with Crippen molar-refractivity contribution in [1.29, 1.82) is 0 Å². The van der Waals surface area contributed by atoms with Crippen molar-refractivity contribution in [2.45, 2.75) is 193 Å². The number of carbonyl (C=O) groups is 3. The molecule has 0 aliphatic heterocycles. The molecule has 0 heterocycles. The maximum atomic E-state index is 10.6. The van der Waals surface area contributed by atoms with Crippen LogP contribution in [0.1, 0.15) is 193 Å². The lowest BCUT2D eigenvalue weighted by atomic mass is 10.1. The van der Waals surface area contributed by atoms with E-state index in [1.54, 1.807) is 0 Å². The van der Waals surface area contributed by atoms with E-state index in [0.29, 0.717) is 19.3 Å². The maximum Gasteiger partial charge on any atom is 0.303 e. The fraction of sp³-hybridized carbons (Fsp3) is 0.917. The molecule has 0 rings (SSSR count). The van der Waals surface area contributed by atoms with Crippen molar-refractivity contribution in [2.24, 2.45) is 0 Å². The fourth-order valence-corrected chi connectivity index (χ4v) is 5.88. The van der Waals surface area contributed by atoms with Crippen molar-refractivity contribution in [2.75, 3.05) is 19.6 Å². The molecular formula is C36H69NO6. The Kier molecular flexibility index (Phi) is 32.0. The van der Waals surface area contributed by atoms with Crippen LogP contribution in [0.2, 0.25) is 0 Å². The molecule has 43 heavy (non-hydrogen) atoms. The molecule has 0 aromatic heterocycles. The summed E-state index contributed by atoms with van der Waals surface area (Å²) in [6.07, 6.45) is 33.3. The molecule has 0 spiro atoms. The van der Waals surface area contributed by atoms with Crippen molar-refractivity contribution in [3.8, 4) is 0 Å². The van der Waals surface area contributed by atoms with Crippen LogP contribution in [0.3, 0.4) is 0 Å². The molecule has 7 nitrogen and oxygen atoms in total. The van der Waals surface area contributed by atoms with Crippen LogP contribution in [0.15, 0.2) is 0 Å². The first-order valence-electron chi connectivity index (χ1n) is 18.3. The third kappa shape index (κ3) is 36.5. The molecule has 3 N–H and O–H groups in total. The van der Waals surface area contributed by atoms with Gasteiger partial charge in [-0.2, -0.15) is 0 Å². The molecule has 0 saturated heterocycles. The molecule has 0 unspecified atom stereocenters. The number of unbranched alkanes of at least 4 members (excludes halogenated alkanes) is 24. The van der Waals surface area contributed by atoms with Gasteiger partial charge in [-0.3, -0.25) is 14.4 Å². The number of rotatable bonds is 36. The summed E-state index contributed by atoms with van der Waals surface area (Å²) >= 11 is 0. The average Bonchev–Trinajstić information content (AvgIpc) is 2.96. The number of aliphatic carboxylic acids is 3. The van der Waals surface area contributed by atoms with Crippen molar-refractivity contribution < 1.29 is 29.7 Å². The second kappa shape index (κ2) is 33.3. The lowest BCUT2D eigenvalue weighted by Gasteiger charge is -2.22. The van der Waals surface area contributed by atoms with Gasteiger partial charge >= 0.3 is 17.9 Å². The molecule has 254 valence electrons. The minimum absolute atomic E-state index is 0.311. The predicted molar refractivity (Wildman–Crippen MR) is 178 cm³/mol. The topological polar surface area (TPSA) is 115 Å². The Labute approximate surface area is 264 Å². The van der Waals surface area contributed by atoms with Crippen molar-refractivity contribution in [3.05, 3.63) is 0 Å². The highest BCUT2D eigenvalue weighted by atomic mass is 16.4. The van der Waals surface area contributed by atoms with Crippen molar-refractivity contribution in [3.63, 3.8) is 0 Å². The van der Waals surface area contributed by atoms with E-state index < -0.39 is 17.9 Å². The number of carboxylic acids is 3. The average molecular weight is 612 g/mol. The first kappa shape index (κ1) is 41.4. The molecule has 0 radical (unpaired) electrons. The van der Waals surface area contributed by atoms with Gasteiger partial charge in [0.1, 0.15) is 0 Å². The quantitative estimate of drug-likeness (QED) is 0.0604. The summed E-state index contributed by atoms with van der Waals surface area (Å²) in [5.41, 5.74) is 0. The number of carboxylic acid groups (broad SMARTS) is 3. The van der Waals surface area contributed by atoms with E-state index >= 15 is 0 Å². The van der Waals surface area contributed by atoms with Crippen LogP contribution >= 0.6 is 0 Å². The molecule has 0 aromatic rings. The molecule has 7 heteroatoms. The SMILES string of the molecule is O=C(O)CCCCCCCCCCCN(CCCCCCCCCCCC(=O)O)CCCCCCCCCCCC(=O)O. The Hall–Kier alpha value is -1.63. The fourth-order valence-electron chi connectivity index (χ4n) is 5.88. The van der Waals surface area contributed by atoms with Crippen LogP contribution in [0, 0.1) is 0 Å². The minimum atomic E-state index is -0.675. The summed E-state index contributed by atoms with van der Waals surface area (Å²) in [5, 5.41) is 26.1. The van der Waals surface area contributed by atoms with E-state index in [-0.39, 0.29) is 0 Å². The minimum Gasteiger partial charge on any atom is -0.481 e. The largest absolute Gasteiger partial charge is 0.481 e. The molecule has 0 saturated carbocycles. The van der Waals surface area contributed by atoms with Gasteiger partial charge in [0.05, 0.1) is 0 Å². The highest BCUT2D eigenvalue weighted by molar-refractivity contribution is 5.67. The number of nitrogens with zero attached hydrogens (tertiary/aromatic N) is 1. The van der Waals surface area contributed by atoms with Gasteiger partial charge < -0.3 is 20.2 Å². The summed E-state index contributed by atoms with van der Waals surface area (Å²) in [6.45, 7) is 3.67. The molecule has 0 aliphatic carbocycles. The van der Waals surface area contributed by atoms with Gasteiger partial charge in [-0.1, -0.05) is 135 Å². The van der Waals surface area contributed by atoms with E-state index in [4.69, 9.17) is 15.3 Å². The van der Waals surface area contributed by atoms with E-state index in [1.807, 2.05) is 0 Å². The van der Waals surface area contributed by atoms with E-state index in [9.17, 15) is 14.4 Å². The Morgan fingerprint density at radius 1 is 0.279 bits per heavy atom. The predicted octanol–water partition coefficient (Wildman–Crippen LogP) is 10.2. The Morgan fingerprint density at radius 3 is 0.628 bits per heavy atom. The summed E-state index contributed by atoms with van der Waals surface area (Å²) in [7, 11) is 0. The first-order valence-corrected chi connectivity index (χ1v) is 18.3. The Bertz CT molecular complexity index is 556. The monoisotopic (exact) mass is 612 g/mol. The number of hydrogen-bond donors (Lipinski definition) is 3. The molecule has 0 atom stereocenters. The van der Waals surface area contributed by atoms with Gasteiger partial charge in [-0.15, -0.1) is 0 Å². The van der Waals surface area contributed by atoms with Gasteiger partial charge in [0.15, 0.2) is 0 Å². The van der Waals surface area contributed by atoms with E-state index in [0.717, 1.165) is 38.5 Å². The molecule has 0 aromatic carbocycles. The third-order valence-electron chi connectivity index (χ3n) is 8.59. The van der Waals surface area contributed by atoms with Gasteiger partial charge in [0, 0.05) is 19.3 Å². The molecule has 0 amide bonds. The first-order chi connectivity index (χ1) is 20.9. The Balaban J connectivity index is 3.96. The normalized spacial score (nSPS) is 11.4. The number of hydrogen-bond acceptors (Lipinski definition) is 4. The zero-order valence-electron chi connectivity index (χ0n) is 27.8. The van der Waals surface area contributed by atoms with E-state index in [2.05, 4.69) is 4.90 Å². The molecular weight excluding hydrogens is 542 g/mol. The van der Waals surface area contributed by atoms with Gasteiger partial charge in [0.2, 0.25) is 0 Å². The van der Waals surface area contributed by atoms with Gasteiger partial charge in [0.25, 0.3) is 0 Å². The van der Waals surface area contributed by atoms with Crippen LogP contribution < -0.4 is 0 Å². The second-order valence-electron chi connectivity index (χ2n) is 12.8. The lowest BCUT2D eigenvalue weighted by molar-refractivity contribution is -0.138. The van der Waals surface area contributed by atoms with Gasteiger partial charge in [-0.05, 0) is 58.2 Å². The van der Waals surface area contributed by atoms with Crippen LogP contribution in [0.4, 0.5) is 0 Å². The van der Waals surface area contributed by atoms with Gasteiger partial charge in [-0.25, -0.2) is 0 Å². The highest BCUT2D eigenvalue weighted by Gasteiger charge is 2.06. The molecule has 0 fully saturated rings. The second-order valence-corrected chi connectivity index (χ2v) is 12.8. The summed E-state index contributed by atoms with van der Waals surface area (Å²) in [6, 6.07) is 0. The summed E-state index contributed by atoms with van der Waals surface area (Å²) in [4.78, 5) is 34.5. The zero-order chi connectivity index (χ0) is 31.6. The van der Waals surface area contributed by atoms with Crippen LogP contribution in [-0.4, -0.2) is 57.8 Å². The standard InChI is InChI=1S/C36H69NO6/c38-34(39)28-22-16-10-4-1-7-13-19-25-31-37(32-26-20-14-8-2-5-11-17-23-29-35(40)41)33-27-21-15-9-3-6-12-18-24-30-36(42)43/h1-33H2,(H,38,39)(H,40,41)(H,42,43). The highest BCUT2D eigenvalue weighted by Crippen LogP contribution is 2.15. The van der Waals surface area contributed by atoms with Crippen molar-refractivity contribution >= 4 is 17.9 Å². The summed E-state index contributed by atoms with van der Waals surface area (Å²) < 4.78 is 0. The Morgan fingerprint density at radius 2 is 0.442 bits per heavy atom. The zero-order valence-corrected chi connectivity index (χ0v) is 27.8. The van der Waals surface area contributed by atoms with E-state index in [1.165, 1.54) is 154 Å². The molecule has 0 aliphatic rings. The third-order valence-corrected chi connectivity index (χ3v) is 8.59.